The third kappa shape index (κ3) is 3.35. The molecule has 0 aliphatic heterocycles. The second-order valence-electron chi connectivity index (χ2n) is 3.80. The van der Waals surface area contributed by atoms with E-state index >= 15 is 0 Å². The molecule has 0 heterocycles. The molecule has 16 heavy (non-hydrogen) atoms. The second kappa shape index (κ2) is 6.28. The number of carbonyl (C=O) groups excluding carboxylic acids is 1. The smallest absolute Gasteiger partial charge is 0.227 e. The molecule has 0 aliphatic rings. The zero-order valence-electron chi connectivity index (χ0n) is 9.94. The highest BCUT2D eigenvalue weighted by Crippen LogP contribution is 2.09. The minimum Gasteiger partial charge on any atom is -0.395 e. The fourth-order valence-electron chi connectivity index (χ4n) is 1.66. The molecule has 1 rings (SSSR count). The van der Waals surface area contributed by atoms with E-state index in [1.807, 2.05) is 38.1 Å². The first kappa shape index (κ1) is 12.7. The fraction of sp³-hybridized carbons (Fsp3) is 0.462. The van der Waals surface area contributed by atoms with E-state index in [1.165, 1.54) is 0 Å². The number of aliphatic hydroxyl groups excluding tert-OH is 1. The molecule has 0 spiro atoms. The largest absolute Gasteiger partial charge is 0.395 e. The SMILES string of the molecule is CCN(CCO)C(=O)Cc1ccccc1C. The number of rotatable bonds is 5. The van der Waals surface area contributed by atoms with Crippen LogP contribution in [0.2, 0.25) is 0 Å². The number of hydrogen-bond acceptors (Lipinski definition) is 2. The van der Waals surface area contributed by atoms with Crippen molar-refractivity contribution < 1.29 is 9.90 Å². The van der Waals surface area contributed by atoms with Crippen LogP contribution in [-0.4, -0.2) is 35.6 Å². The average molecular weight is 221 g/mol. The molecule has 88 valence electrons. The highest BCUT2D eigenvalue weighted by Gasteiger charge is 2.12. The van der Waals surface area contributed by atoms with Crippen LogP contribution in [0.3, 0.4) is 0 Å². The topological polar surface area (TPSA) is 40.5 Å². The molecule has 1 aromatic rings. The summed E-state index contributed by atoms with van der Waals surface area (Å²) in [5.74, 6) is 0.0749. The first-order chi connectivity index (χ1) is 7.69. The summed E-state index contributed by atoms with van der Waals surface area (Å²) in [5, 5.41) is 8.84. The van der Waals surface area contributed by atoms with Crippen molar-refractivity contribution in [2.45, 2.75) is 20.3 Å². The summed E-state index contributed by atoms with van der Waals surface area (Å²) >= 11 is 0. The van der Waals surface area contributed by atoms with Crippen molar-refractivity contribution in [3.63, 3.8) is 0 Å². The van der Waals surface area contributed by atoms with Crippen LogP contribution in [0.4, 0.5) is 0 Å². The molecular formula is C13H19NO2. The molecule has 1 N–H and O–H groups in total. The molecule has 0 aliphatic carbocycles. The first-order valence-corrected chi connectivity index (χ1v) is 5.62. The van der Waals surface area contributed by atoms with Crippen LogP contribution in [0.15, 0.2) is 24.3 Å². The summed E-state index contributed by atoms with van der Waals surface area (Å²) in [7, 11) is 0. The summed E-state index contributed by atoms with van der Waals surface area (Å²) in [6.07, 6.45) is 0.417. The van der Waals surface area contributed by atoms with E-state index in [2.05, 4.69) is 0 Å². The Bertz CT molecular complexity index is 350. The minimum absolute atomic E-state index is 0.0212. The van der Waals surface area contributed by atoms with Gasteiger partial charge in [0.25, 0.3) is 0 Å². The number of aryl methyl sites for hydroxylation is 1. The van der Waals surface area contributed by atoms with Gasteiger partial charge in [-0.1, -0.05) is 24.3 Å². The van der Waals surface area contributed by atoms with Gasteiger partial charge >= 0.3 is 0 Å². The highest BCUT2D eigenvalue weighted by molar-refractivity contribution is 5.79. The lowest BCUT2D eigenvalue weighted by atomic mass is 10.1. The molecule has 0 atom stereocenters. The summed E-state index contributed by atoms with van der Waals surface area (Å²) in [6.45, 7) is 5.01. The Hall–Kier alpha value is -1.35. The van der Waals surface area contributed by atoms with Crippen molar-refractivity contribution in [1.82, 2.24) is 4.90 Å². The number of benzene rings is 1. The summed E-state index contributed by atoms with van der Waals surface area (Å²) in [4.78, 5) is 13.6. The van der Waals surface area contributed by atoms with Crippen LogP contribution in [0.25, 0.3) is 0 Å². The zero-order valence-corrected chi connectivity index (χ0v) is 9.94. The number of carbonyl (C=O) groups is 1. The molecule has 0 bridgehead atoms. The number of hydrogen-bond donors (Lipinski definition) is 1. The van der Waals surface area contributed by atoms with Gasteiger partial charge in [0.15, 0.2) is 0 Å². The normalized spacial score (nSPS) is 10.2. The van der Waals surface area contributed by atoms with Crippen molar-refractivity contribution in [3.05, 3.63) is 35.4 Å². The fourth-order valence-corrected chi connectivity index (χ4v) is 1.66. The van der Waals surface area contributed by atoms with Crippen LogP contribution < -0.4 is 0 Å². The van der Waals surface area contributed by atoms with Gasteiger partial charge in [0.1, 0.15) is 0 Å². The van der Waals surface area contributed by atoms with Gasteiger partial charge in [-0.3, -0.25) is 4.79 Å². The lowest BCUT2D eigenvalue weighted by Gasteiger charge is -2.20. The molecule has 3 heteroatoms. The molecule has 3 nitrogen and oxygen atoms in total. The highest BCUT2D eigenvalue weighted by atomic mass is 16.3. The predicted molar refractivity (Wildman–Crippen MR) is 64.2 cm³/mol. The minimum atomic E-state index is 0.0212. The Balaban J connectivity index is 2.66. The van der Waals surface area contributed by atoms with E-state index in [4.69, 9.17) is 5.11 Å². The quantitative estimate of drug-likeness (QED) is 0.816. The van der Waals surface area contributed by atoms with E-state index < -0.39 is 0 Å². The van der Waals surface area contributed by atoms with Gasteiger partial charge in [0.05, 0.1) is 13.0 Å². The van der Waals surface area contributed by atoms with E-state index in [0.717, 1.165) is 11.1 Å². The lowest BCUT2D eigenvalue weighted by Crippen LogP contribution is -2.34. The van der Waals surface area contributed by atoms with Crippen molar-refractivity contribution in [2.75, 3.05) is 19.7 Å². The average Bonchev–Trinajstić information content (AvgIpc) is 2.29. The van der Waals surface area contributed by atoms with Crippen LogP contribution in [-0.2, 0) is 11.2 Å². The maximum atomic E-state index is 11.9. The van der Waals surface area contributed by atoms with Crippen molar-refractivity contribution in [1.29, 1.82) is 0 Å². The molecule has 0 unspecified atom stereocenters. The van der Waals surface area contributed by atoms with Crippen molar-refractivity contribution in [2.24, 2.45) is 0 Å². The first-order valence-electron chi connectivity index (χ1n) is 5.62. The Labute approximate surface area is 96.7 Å². The second-order valence-corrected chi connectivity index (χ2v) is 3.80. The van der Waals surface area contributed by atoms with Gasteiger partial charge < -0.3 is 10.0 Å². The molecule has 0 fully saturated rings. The Morgan fingerprint density at radius 2 is 2.06 bits per heavy atom. The molecule has 1 aromatic carbocycles. The van der Waals surface area contributed by atoms with E-state index in [0.29, 0.717) is 19.5 Å². The van der Waals surface area contributed by atoms with Crippen LogP contribution in [0.1, 0.15) is 18.1 Å². The van der Waals surface area contributed by atoms with Crippen molar-refractivity contribution in [3.8, 4) is 0 Å². The van der Waals surface area contributed by atoms with Gasteiger partial charge in [-0.2, -0.15) is 0 Å². The van der Waals surface area contributed by atoms with Crippen LogP contribution >= 0.6 is 0 Å². The number of nitrogens with zero attached hydrogens (tertiary/aromatic N) is 1. The van der Waals surface area contributed by atoms with Crippen LogP contribution in [0.5, 0.6) is 0 Å². The molecule has 1 amide bonds. The lowest BCUT2D eigenvalue weighted by molar-refractivity contribution is -0.130. The van der Waals surface area contributed by atoms with E-state index in [9.17, 15) is 4.79 Å². The van der Waals surface area contributed by atoms with Gasteiger partial charge in [0.2, 0.25) is 5.91 Å². The standard InChI is InChI=1S/C13H19NO2/c1-3-14(8-9-15)13(16)10-12-7-5-4-6-11(12)2/h4-7,15H,3,8-10H2,1-2H3. The van der Waals surface area contributed by atoms with Crippen molar-refractivity contribution >= 4 is 5.91 Å². The monoisotopic (exact) mass is 221 g/mol. The molecule has 0 saturated carbocycles. The maximum Gasteiger partial charge on any atom is 0.227 e. The van der Waals surface area contributed by atoms with E-state index in [1.54, 1.807) is 4.90 Å². The third-order valence-corrected chi connectivity index (χ3v) is 2.71. The molecule has 0 saturated heterocycles. The molecular weight excluding hydrogens is 202 g/mol. The Morgan fingerprint density at radius 1 is 1.38 bits per heavy atom. The number of amides is 1. The van der Waals surface area contributed by atoms with Crippen LogP contribution in [0, 0.1) is 6.92 Å². The Morgan fingerprint density at radius 3 is 2.62 bits per heavy atom. The summed E-state index contributed by atoms with van der Waals surface area (Å²) < 4.78 is 0. The third-order valence-electron chi connectivity index (χ3n) is 2.71. The summed E-state index contributed by atoms with van der Waals surface area (Å²) in [5.41, 5.74) is 2.19. The summed E-state index contributed by atoms with van der Waals surface area (Å²) in [6, 6.07) is 7.89. The van der Waals surface area contributed by atoms with Gasteiger partial charge in [-0.15, -0.1) is 0 Å². The molecule has 0 aromatic heterocycles. The number of likely N-dealkylation sites (N-methyl/N-ethyl adjacent to an activating group) is 1. The van der Waals surface area contributed by atoms with Gasteiger partial charge in [0, 0.05) is 13.1 Å². The predicted octanol–water partition coefficient (Wildman–Crippen LogP) is 1.38. The maximum absolute atomic E-state index is 11.9. The van der Waals surface area contributed by atoms with Gasteiger partial charge in [-0.05, 0) is 25.0 Å². The van der Waals surface area contributed by atoms with Gasteiger partial charge in [-0.25, -0.2) is 0 Å². The Kier molecular flexibility index (Phi) is 4.99. The molecule has 0 radical (unpaired) electrons. The zero-order chi connectivity index (χ0) is 12.0. The van der Waals surface area contributed by atoms with E-state index in [-0.39, 0.29) is 12.5 Å². The number of aliphatic hydroxyl groups is 1.